The number of rotatable bonds is 4. The molecule has 0 aliphatic rings. The summed E-state index contributed by atoms with van der Waals surface area (Å²) in [6.07, 6.45) is 0. The molecule has 0 aliphatic carbocycles. The van der Waals surface area contributed by atoms with Crippen molar-refractivity contribution in [1.82, 2.24) is 0 Å². The highest BCUT2D eigenvalue weighted by molar-refractivity contribution is 7.99. The molecule has 0 fully saturated rings. The summed E-state index contributed by atoms with van der Waals surface area (Å²) in [6.45, 7) is 0. The Morgan fingerprint density at radius 3 is 2.52 bits per heavy atom. The van der Waals surface area contributed by atoms with Crippen molar-refractivity contribution in [2.45, 2.75) is 9.79 Å². The minimum Gasteiger partial charge on any atom is -0.423 e. The van der Waals surface area contributed by atoms with E-state index >= 15 is 0 Å². The smallest absolute Gasteiger partial charge is 0.336 e. The van der Waals surface area contributed by atoms with Gasteiger partial charge in [0.1, 0.15) is 11.7 Å². The fraction of sp³-hybridized carbons (Fsp3) is 0. The molecular weight excluding hydrogens is 384 g/mol. The van der Waals surface area contributed by atoms with Gasteiger partial charge in [0.15, 0.2) is 0 Å². The quantitative estimate of drug-likeness (QED) is 0.485. The van der Waals surface area contributed by atoms with E-state index in [1.165, 1.54) is 17.8 Å². The summed E-state index contributed by atoms with van der Waals surface area (Å²) < 4.78 is 5.12. The van der Waals surface area contributed by atoms with E-state index < -0.39 is 5.63 Å². The molecule has 0 saturated carbocycles. The van der Waals surface area contributed by atoms with Gasteiger partial charge in [-0.2, -0.15) is 5.26 Å². The average molecular weight is 398 g/mol. The summed E-state index contributed by atoms with van der Waals surface area (Å²) in [4.78, 5) is 25.7. The second-order valence-corrected chi connectivity index (χ2v) is 7.25. The average Bonchev–Trinajstić information content (AvgIpc) is 2.74. The highest BCUT2D eigenvalue weighted by Gasteiger charge is 2.14. The van der Waals surface area contributed by atoms with Gasteiger partial charge in [0, 0.05) is 26.9 Å². The number of nitrogens with zero attached hydrogens (tertiary/aromatic N) is 1. The Kier molecular flexibility index (Phi) is 5.14. The molecule has 0 spiro atoms. The number of hydrogen-bond acceptors (Lipinski definition) is 5. The number of anilines is 1. The predicted molar refractivity (Wildman–Crippen MR) is 112 cm³/mol. The Morgan fingerprint density at radius 2 is 1.69 bits per heavy atom. The van der Waals surface area contributed by atoms with E-state index in [-0.39, 0.29) is 5.91 Å². The number of hydrogen-bond donors (Lipinski definition) is 1. The van der Waals surface area contributed by atoms with Crippen LogP contribution in [0.3, 0.4) is 0 Å². The van der Waals surface area contributed by atoms with Crippen molar-refractivity contribution < 1.29 is 9.21 Å². The number of amides is 1. The molecule has 4 aromatic rings. The predicted octanol–water partition coefficient (Wildman–Crippen LogP) is 5.07. The molecule has 1 aromatic heterocycles. The lowest BCUT2D eigenvalue weighted by Crippen LogP contribution is -2.13. The summed E-state index contributed by atoms with van der Waals surface area (Å²) in [7, 11) is 0. The van der Waals surface area contributed by atoms with Crippen LogP contribution in [0.5, 0.6) is 0 Å². The summed E-state index contributed by atoms with van der Waals surface area (Å²) >= 11 is 1.38. The zero-order valence-electron chi connectivity index (χ0n) is 15.1. The monoisotopic (exact) mass is 398 g/mol. The van der Waals surface area contributed by atoms with Gasteiger partial charge in [-0.15, -0.1) is 0 Å². The molecule has 1 N–H and O–H groups in total. The first-order valence-corrected chi connectivity index (χ1v) is 9.57. The van der Waals surface area contributed by atoms with Crippen LogP contribution in [0.1, 0.15) is 15.9 Å². The van der Waals surface area contributed by atoms with Crippen molar-refractivity contribution >= 4 is 34.3 Å². The van der Waals surface area contributed by atoms with Crippen molar-refractivity contribution in [3.63, 3.8) is 0 Å². The molecule has 0 aliphatic heterocycles. The van der Waals surface area contributed by atoms with Crippen LogP contribution < -0.4 is 10.9 Å². The lowest BCUT2D eigenvalue weighted by atomic mass is 10.2. The number of carbonyl (C=O) groups excluding carboxylic acids is 1. The van der Waals surface area contributed by atoms with Gasteiger partial charge in [0.25, 0.3) is 5.91 Å². The number of nitrogens with one attached hydrogen (secondary N) is 1. The molecular formula is C23H14N2O3S. The number of benzene rings is 3. The van der Waals surface area contributed by atoms with Gasteiger partial charge in [0.2, 0.25) is 0 Å². The lowest BCUT2D eigenvalue weighted by Gasteiger charge is -2.11. The second kappa shape index (κ2) is 8.05. The van der Waals surface area contributed by atoms with Crippen LogP contribution in [0.4, 0.5) is 5.69 Å². The first kappa shape index (κ1) is 18.5. The van der Waals surface area contributed by atoms with Gasteiger partial charge in [0.05, 0.1) is 11.1 Å². The van der Waals surface area contributed by atoms with E-state index in [0.29, 0.717) is 27.8 Å². The Morgan fingerprint density at radius 1 is 0.931 bits per heavy atom. The minimum atomic E-state index is -0.419. The Bertz CT molecular complexity index is 1320. The van der Waals surface area contributed by atoms with E-state index in [1.807, 2.05) is 30.3 Å². The topological polar surface area (TPSA) is 83.1 Å². The number of nitriles is 1. The summed E-state index contributed by atoms with van der Waals surface area (Å²) in [5.74, 6) is -0.265. The highest BCUT2D eigenvalue weighted by Crippen LogP contribution is 2.33. The SMILES string of the molecule is N#Cc1ccccc1Sc1ccccc1C(=O)Nc1ccc2oc(=O)ccc2c1. The number of fused-ring (bicyclic) bond motifs is 1. The van der Waals surface area contributed by atoms with Gasteiger partial charge >= 0.3 is 5.63 Å². The Labute approximate surface area is 170 Å². The summed E-state index contributed by atoms with van der Waals surface area (Å²) in [5, 5.41) is 12.9. The maximum atomic E-state index is 12.9. The molecule has 5 nitrogen and oxygen atoms in total. The molecule has 0 radical (unpaired) electrons. The van der Waals surface area contributed by atoms with Crippen LogP contribution in [0.15, 0.2) is 97.9 Å². The molecule has 3 aromatic carbocycles. The maximum Gasteiger partial charge on any atom is 0.336 e. The zero-order valence-corrected chi connectivity index (χ0v) is 15.9. The van der Waals surface area contributed by atoms with E-state index in [1.54, 1.807) is 42.5 Å². The molecule has 140 valence electrons. The Balaban J connectivity index is 1.62. The molecule has 29 heavy (non-hydrogen) atoms. The van der Waals surface area contributed by atoms with Crippen molar-refractivity contribution in [3.05, 3.63) is 100 Å². The minimum absolute atomic E-state index is 0.265. The van der Waals surface area contributed by atoms with Gasteiger partial charge in [-0.1, -0.05) is 36.0 Å². The van der Waals surface area contributed by atoms with Gasteiger partial charge in [-0.3, -0.25) is 4.79 Å². The largest absolute Gasteiger partial charge is 0.423 e. The summed E-state index contributed by atoms with van der Waals surface area (Å²) in [6, 6.07) is 24.8. The first-order chi connectivity index (χ1) is 14.1. The standard InChI is InChI=1S/C23H14N2O3S/c24-14-16-5-1-3-7-20(16)29-21-8-4-2-6-18(21)23(27)25-17-10-11-19-15(13-17)9-12-22(26)28-19/h1-13H,(H,25,27). The van der Waals surface area contributed by atoms with E-state index in [9.17, 15) is 14.9 Å². The third-order valence-electron chi connectivity index (χ3n) is 4.24. The molecule has 6 heteroatoms. The fourth-order valence-electron chi connectivity index (χ4n) is 2.86. The normalized spacial score (nSPS) is 10.4. The van der Waals surface area contributed by atoms with Gasteiger partial charge < -0.3 is 9.73 Å². The first-order valence-electron chi connectivity index (χ1n) is 8.75. The van der Waals surface area contributed by atoms with Crippen LogP contribution in [0, 0.1) is 11.3 Å². The van der Waals surface area contributed by atoms with Gasteiger partial charge in [-0.25, -0.2) is 4.79 Å². The maximum absolute atomic E-state index is 12.9. The van der Waals surface area contributed by atoms with Crippen molar-refractivity contribution in [3.8, 4) is 6.07 Å². The third-order valence-corrected chi connectivity index (χ3v) is 5.39. The molecule has 4 rings (SSSR count). The van der Waals surface area contributed by atoms with E-state index in [4.69, 9.17) is 4.42 Å². The zero-order chi connectivity index (χ0) is 20.2. The molecule has 0 saturated heterocycles. The lowest BCUT2D eigenvalue weighted by molar-refractivity contribution is 0.102. The fourth-order valence-corrected chi connectivity index (χ4v) is 3.88. The van der Waals surface area contributed by atoms with Gasteiger partial charge in [-0.05, 0) is 48.5 Å². The van der Waals surface area contributed by atoms with Crippen molar-refractivity contribution in [2.75, 3.05) is 5.32 Å². The van der Waals surface area contributed by atoms with Crippen molar-refractivity contribution in [1.29, 1.82) is 5.26 Å². The third kappa shape index (κ3) is 4.05. The number of carbonyl (C=O) groups is 1. The molecule has 1 heterocycles. The highest BCUT2D eigenvalue weighted by atomic mass is 32.2. The van der Waals surface area contributed by atoms with E-state index in [0.717, 1.165) is 9.79 Å². The molecule has 1 amide bonds. The van der Waals surface area contributed by atoms with Crippen LogP contribution >= 0.6 is 11.8 Å². The van der Waals surface area contributed by atoms with Crippen LogP contribution in [-0.4, -0.2) is 5.91 Å². The molecule has 0 unspecified atom stereocenters. The molecule has 0 bridgehead atoms. The van der Waals surface area contributed by atoms with Crippen LogP contribution in [0.25, 0.3) is 11.0 Å². The Hall–Kier alpha value is -3.82. The van der Waals surface area contributed by atoms with Crippen LogP contribution in [-0.2, 0) is 0 Å². The summed E-state index contributed by atoms with van der Waals surface area (Å²) in [5.41, 5.74) is 1.69. The van der Waals surface area contributed by atoms with Crippen LogP contribution in [0.2, 0.25) is 0 Å². The molecule has 0 atom stereocenters. The second-order valence-electron chi connectivity index (χ2n) is 6.17. The van der Waals surface area contributed by atoms with Crippen molar-refractivity contribution in [2.24, 2.45) is 0 Å². The van der Waals surface area contributed by atoms with E-state index in [2.05, 4.69) is 11.4 Å².